The van der Waals surface area contributed by atoms with Crippen LogP contribution in [0.4, 0.5) is 0 Å². The number of phenols is 2. The molecule has 0 saturated heterocycles. The van der Waals surface area contributed by atoms with Crippen molar-refractivity contribution in [2.75, 3.05) is 6.61 Å². The van der Waals surface area contributed by atoms with Gasteiger partial charge in [0, 0.05) is 11.6 Å². The number of nitrogens with one attached hydrogen (secondary N) is 1. The molecule has 1 amide bonds. The lowest BCUT2D eigenvalue weighted by molar-refractivity contribution is -0.123. The quantitative estimate of drug-likeness (QED) is 0.556. The van der Waals surface area contributed by atoms with E-state index < -0.39 is 5.91 Å². The maximum absolute atomic E-state index is 11.9. The number of aryl methyl sites for hydroxylation is 1. The fourth-order valence-corrected chi connectivity index (χ4v) is 2.23. The van der Waals surface area contributed by atoms with E-state index in [-0.39, 0.29) is 24.0 Å². The Morgan fingerprint density at radius 1 is 1.24 bits per heavy atom. The molecule has 0 atom stereocenters. The van der Waals surface area contributed by atoms with Crippen LogP contribution in [0.3, 0.4) is 0 Å². The third-order valence-electron chi connectivity index (χ3n) is 3.56. The van der Waals surface area contributed by atoms with Crippen molar-refractivity contribution >= 4 is 12.1 Å². The van der Waals surface area contributed by atoms with Crippen LogP contribution in [0, 0.1) is 6.92 Å². The highest BCUT2D eigenvalue weighted by atomic mass is 16.5. The van der Waals surface area contributed by atoms with E-state index in [4.69, 9.17) is 4.74 Å². The first-order valence-corrected chi connectivity index (χ1v) is 7.94. The van der Waals surface area contributed by atoms with E-state index in [1.165, 1.54) is 24.4 Å². The molecule has 0 aliphatic heterocycles. The fraction of sp³-hybridized carbons (Fsp3) is 0.263. The van der Waals surface area contributed by atoms with Gasteiger partial charge in [0.05, 0.1) is 6.21 Å². The summed E-state index contributed by atoms with van der Waals surface area (Å²) in [7, 11) is 0. The highest BCUT2D eigenvalue weighted by molar-refractivity contribution is 5.85. The Labute approximate surface area is 146 Å². The monoisotopic (exact) mass is 342 g/mol. The van der Waals surface area contributed by atoms with Gasteiger partial charge in [0.1, 0.15) is 17.2 Å². The SMILES string of the molecule is Cc1ccc(C(C)C)c(OCC(=O)NN=Cc2ccc(O)cc2O)c1. The zero-order chi connectivity index (χ0) is 18.4. The van der Waals surface area contributed by atoms with Gasteiger partial charge in [-0.15, -0.1) is 0 Å². The molecule has 2 aromatic carbocycles. The zero-order valence-electron chi connectivity index (χ0n) is 14.5. The largest absolute Gasteiger partial charge is 0.508 e. The van der Waals surface area contributed by atoms with Crippen LogP contribution < -0.4 is 10.2 Å². The molecule has 132 valence electrons. The van der Waals surface area contributed by atoms with Crippen LogP contribution in [0.2, 0.25) is 0 Å². The van der Waals surface area contributed by atoms with Gasteiger partial charge in [0.2, 0.25) is 0 Å². The maximum Gasteiger partial charge on any atom is 0.277 e. The second-order valence-corrected chi connectivity index (χ2v) is 6.02. The number of benzene rings is 2. The first-order valence-electron chi connectivity index (χ1n) is 7.94. The molecule has 0 aromatic heterocycles. The summed E-state index contributed by atoms with van der Waals surface area (Å²) in [4.78, 5) is 11.9. The van der Waals surface area contributed by atoms with Crippen LogP contribution in [0.1, 0.15) is 36.5 Å². The first-order chi connectivity index (χ1) is 11.9. The number of ether oxygens (including phenoxy) is 1. The lowest BCUT2D eigenvalue weighted by Crippen LogP contribution is -2.25. The molecule has 0 aliphatic rings. The minimum absolute atomic E-state index is 0.0498. The van der Waals surface area contributed by atoms with Crippen molar-refractivity contribution in [1.29, 1.82) is 0 Å². The predicted molar refractivity (Wildman–Crippen MR) is 96.3 cm³/mol. The zero-order valence-corrected chi connectivity index (χ0v) is 14.5. The number of phenolic OH excluding ortho intramolecular Hbond substituents is 2. The second-order valence-electron chi connectivity index (χ2n) is 6.02. The molecule has 0 heterocycles. The lowest BCUT2D eigenvalue weighted by atomic mass is 10.0. The topological polar surface area (TPSA) is 91.2 Å². The average Bonchev–Trinajstić information content (AvgIpc) is 2.54. The second kappa shape index (κ2) is 8.19. The maximum atomic E-state index is 11.9. The molecule has 0 bridgehead atoms. The van der Waals surface area contributed by atoms with Crippen molar-refractivity contribution in [1.82, 2.24) is 5.43 Å². The smallest absolute Gasteiger partial charge is 0.277 e. The number of carbonyl (C=O) groups excluding carboxylic acids is 1. The van der Waals surface area contributed by atoms with Crippen molar-refractivity contribution in [3.8, 4) is 17.2 Å². The standard InChI is InChI=1S/C19H22N2O4/c1-12(2)16-7-4-13(3)8-18(16)25-11-19(24)21-20-10-14-5-6-15(22)9-17(14)23/h4-10,12,22-23H,11H2,1-3H3,(H,21,24). The number of hydrazone groups is 1. The van der Waals surface area contributed by atoms with Gasteiger partial charge in [0.15, 0.2) is 6.61 Å². The normalized spacial score (nSPS) is 11.0. The van der Waals surface area contributed by atoms with Gasteiger partial charge in [0.25, 0.3) is 5.91 Å². The molecule has 2 aromatic rings. The van der Waals surface area contributed by atoms with Crippen molar-refractivity contribution < 1.29 is 19.7 Å². The summed E-state index contributed by atoms with van der Waals surface area (Å²) in [6, 6.07) is 10.0. The Kier molecular flexibility index (Phi) is 6.00. The Bertz CT molecular complexity index is 785. The number of aromatic hydroxyl groups is 2. The van der Waals surface area contributed by atoms with E-state index in [1.807, 2.05) is 25.1 Å². The molecule has 6 heteroatoms. The molecule has 6 nitrogen and oxygen atoms in total. The van der Waals surface area contributed by atoms with E-state index in [1.54, 1.807) is 0 Å². The third-order valence-corrected chi connectivity index (χ3v) is 3.56. The van der Waals surface area contributed by atoms with Crippen LogP contribution >= 0.6 is 0 Å². The molecule has 0 fully saturated rings. The minimum atomic E-state index is -0.411. The van der Waals surface area contributed by atoms with Gasteiger partial charge in [-0.05, 0) is 42.2 Å². The summed E-state index contributed by atoms with van der Waals surface area (Å²) in [5.41, 5.74) is 4.81. The Balaban J connectivity index is 1.93. The van der Waals surface area contributed by atoms with E-state index in [0.717, 1.165) is 11.1 Å². The molecular weight excluding hydrogens is 320 g/mol. The molecule has 0 saturated carbocycles. The molecule has 25 heavy (non-hydrogen) atoms. The number of hydrogen-bond acceptors (Lipinski definition) is 5. The Morgan fingerprint density at radius 3 is 2.68 bits per heavy atom. The molecule has 0 aliphatic carbocycles. The van der Waals surface area contributed by atoms with Gasteiger partial charge in [-0.2, -0.15) is 5.10 Å². The molecular formula is C19H22N2O4. The van der Waals surface area contributed by atoms with Crippen molar-refractivity contribution in [3.63, 3.8) is 0 Å². The molecule has 3 N–H and O–H groups in total. The number of amides is 1. The first kappa shape index (κ1) is 18.3. The van der Waals surface area contributed by atoms with Gasteiger partial charge in [-0.25, -0.2) is 5.43 Å². The van der Waals surface area contributed by atoms with E-state index in [9.17, 15) is 15.0 Å². The lowest BCUT2D eigenvalue weighted by Gasteiger charge is -2.14. The number of rotatable bonds is 6. The average molecular weight is 342 g/mol. The molecule has 2 rings (SSSR count). The summed E-state index contributed by atoms with van der Waals surface area (Å²) in [6.07, 6.45) is 1.29. The van der Waals surface area contributed by atoms with Crippen molar-refractivity contribution in [2.24, 2.45) is 5.10 Å². The van der Waals surface area contributed by atoms with Crippen molar-refractivity contribution in [2.45, 2.75) is 26.7 Å². The summed E-state index contributed by atoms with van der Waals surface area (Å²) < 4.78 is 5.61. The predicted octanol–water partition coefficient (Wildman–Crippen LogP) is 3.06. The molecule has 0 spiro atoms. The van der Waals surface area contributed by atoms with Crippen LogP contribution in [-0.4, -0.2) is 28.9 Å². The number of hydrogen-bond donors (Lipinski definition) is 3. The van der Waals surface area contributed by atoms with Gasteiger partial charge >= 0.3 is 0 Å². The summed E-state index contributed by atoms with van der Waals surface area (Å²) in [5.74, 6) is 0.381. The number of carbonyl (C=O) groups is 1. The van der Waals surface area contributed by atoms with Crippen LogP contribution in [-0.2, 0) is 4.79 Å². The van der Waals surface area contributed by atoms with Crippen molar-refractivity contribution in [3.05, 3.63) is 53.1 Å². The minimum Gasteiger partial charge on any atom is -0.508 e. The highest BCUT2D eigenvalue weighted by Gasteiger charge is 2.10. The summed E-state index contributed by atoms with van der Waals surface area (Å²) in [5, 5.41) is 22.6. The highest BCUT2D eigenvalue weighted by Crippen LogP contribution is 2.27. The molecule has 0 unspecified atom stereocenters. The van der Waals surface area contributed by atoms with Crippen LogP contribution in [0.25, 0.3) is 0 Å². The summed E-state index contributed by atoms with van der Waals surface area (Å²) >= 11 is 0. The number of nitrogens with zero attached hydrogens (tertiary/aromatic N) is 1. The molecule has 0 radical (unpaired) electrons. The fourth-order valence-electron chi connectivity index (χ4n) is 2.23. The van der Waals surface area contributed by atoms with Crippen LogP contribution in [0.15, 0.2) is 41.5 Å². The summed E-state index contributed by atoms with van der Waals surface area (Å²) in [6.45, 7) is 5.92. The third kappa shape index (κ3) is 5.24. The van der Waals surface area contributed by atoms with Crippen LogP contribution in [0.5, 0.6) is 17.2 Å². The van der Waals surface area contributed by atoms with E-state index in [2.05, 4.69) is 24.4 Å². The van der Waals surface area contributed by atoms with Gasteiger partial charge in [-0.3, -0.25) is 4.79 Å². The van der Waals surface area contributed by atoms with Gasteiger partial charge < -0.3 is 14.9 Å². The van der Waals surface area contributed by atoms with E-state index >= 15 is 0 Å². The Morgan fingerprint density at radius 2 is 2.00 bits per heavy atom. The van der Waals surface area contributed by atoms with E-state index in [0.29, 0.717) is 11.3 Å². The Hall–Kier alpha value is -3.02. The van der Waals surface area contributed by atoms with Gasteiger partial charge in [-0.1, -0.05) is 26.0 Å².